The summed E-state index contributed by atoms with van der Waals surface area (Å²) in [5.41, 5.74) is 0.498. The van der Waals surface area contributed by atoms with Crippen molar-refractivity contribution in [2.75, 3.05) is 6.61 Å². The van der Waals surface area contributed by atoms with Crippen molar-refractivity contribution in [3.05, 3.63) is 72.6 Å². The molecule has 0 spiro atoms. The Bertz CT molecular complexity index is 1290. The number of amides is 1. The van der Waals surface area contributed by atoms with Crippen molar-refractivity contribution in [3.63, 3.8) is 0 Å². The summed E-state index contributed by atoms with van der Waals surface area (Å²) in [5.74, 6) is -1.32. The number of esters is 1. The minimum Gasteiger partial charge on any atom is -0.465 e. The highest BCUT2D eigenvalue weighted by molar-refractivity contribution is 7.16. The Kier molecular flexibility index (Phi) is 6.20. The van der Waals surface area contributed by atoms with Gasteiger partial charge < -0.3 is 9.30 Å². The van der Waals surface area contributed by atoms with E-state index in [1.54, 1.807) is 13.8 Å². The molecule has 0 aliphatic heterocycles. The van der Waals surface area contributed by atoms with Crippen molar-refractivity contribution in [3.8, 4) is 0 Å². The molecule has 0 atom stereocenters. The fraction of sp³-hybridized carbons (Fsp3) is 0.211. The lowest BCUT2D eigenvalue weighted by Gasteiger charge is -2.05. The first-order chi connectivity index (χ1) is 14.7. The number of fused-ring (bicyclic) bond motifs is 1. The van der Waals surface area contributed by atoms with Crippen LogP contribution in [0.1, 0.15) is 22.8 Å². The van der Waals surface area contributed by atoms with E-state index in [1.807, 2.05) is 0 Å². The van der Waals surface area contributed by atoms with E-state index in [-0.39, 0.29) is 34.9 Å². The van der Waals surface area contributed by atoms with Crippen LogP contribution in [-0.2, 0) is 16.1 Å². The molecular weight excluding hydrogens is 428 g/mol. The number of rotatable bonds is 6. The molecule has 3 aromatic rings. The first kappa shape index (κ1) is 21.8. The van der Waals surface area contributed by atoms with Gasteiger partial charge in [-0.05, 0) is 26.0 Å². The maximum absolute atomic E-state index is 12.7. The number of nitro groups is 2. The second kappa shape index (κ2) is 8.83. The van der Waals surface area contributed by atoms with Gasteiger partial charge in [-0.2, -0.15) is 4.99 Å². The van der Waals surface area contributed by atoms with Gasteiger partial charge in [0.15, 0.2) is 4.80 Å². The third-order valence-electron chi connectivity index (χ3n) is 4.32. The molecule has 0 aliphatic rings. The first-order valence-electron chi connectivity index (χ1n) is 8.98. The van der Waals surface area contributed by atoms with Crippen LogP contribution in [0.15, 0.2) is 41.4 Å². The Morgan fingerprint density at radius 2 is 1.87 bits per heavy atom. The number of nitrogens with zero attached hydrogens (tertiary/aromatic N) is 4. The second-order valence-corrected chi connectivity index (χ2v) is 7.37. The normalized spacial score (nSPS) is 11.5. The number of non-ortho nitro benzene ring substituents is 1. The topological polar surface area (TPSA) is 147 Å². The molecule has 1 heterocycles. The molecule has 0 saturated carbocycles. The summed E-state index contributed by atoms with van der Waals surface area (Å²) < 4.78 is 6.82. The van der Waals surface area contributed by atoms with Crippen LogP contribution in [0.4, 0.5) is 11.4 Å². The number of nitro benzene ring substituents is 2. The van der Waals surface area contributed by atoms with Gasteiger partial charge in [0, 0.05) is 29.3 Å². The van der Waals surface area contributed by atoms with E-state index in [1.165, 1.54) is 34.9 Å². The van der Waals surface area contributed by atoms with Crippen LogP contribution in [0.25, 0.3) is 10.2 Å². The number of benzene rings is 2. The average Bonchev–Trinajstić information content (AvgIpc) is 3.04. The smallest absolute Gasteiger partial charge is 0.326 e. The molecule has 1 amide bonds. The van der Waals surface area contributed by atoms with Gasteiger partial charge in [0.05, 0.1) is 26.7 Å². The Morgan fingerprint density at radius 3 is 2.52 bits per heavy atom. The number of hydrogen-bond acceptors (Lipinski definition) is 8. The van der Waals surface area contributed by atoms with Crippen molar-refractivity contribution >= 4 is 44.8 Å². The van der Waals surface area contributed by atoms with Crippen molar-refractivity contribution in [1.82, 2.24) is 4.57 Å². The molecule has 0 fully saturated rings. The number of carbonyl (C=O) groups is 2. The Balaban J connectivity index is 2.14. The molecule has 160 valence electrons. The standard InChI is InChI=1S/C19H16N4O7S/c1-3-30-17(24)10-21-14-7-6-13(22(26)27)9-16(14)31-19(21)20-18(25)12-5-4-11(2)15(8-12)23(28)29/h4-9H,3,10H2,1-2H3. The third kappa shape index (κ3) is 4.64. The van der Waals surface area contributed by atoms with E-state index in [9.17, 15) is 29.8 Å². The third-order valence-corrected chi connectivity index (χ3v) is 5.36. The molecule has 0 radical (unpaired) electrons. The van der Waals surface area contributed by atoms with Gasteiger partial charge in [-0.1, -0.05) is 17.4 Å². The first-order valence-corrected chi connectivity index (χ1v) is 9.80. The van der Waals surface area contributed by atoms with Gasteiger partial charge in [0.1, 0.15) is 6.54 Å². The van der Waals surface area contributed by atoms with Gasteiger partial charge >= 0.3 is 5.97 Å². The quantitative estimate of drug-likeness (QED) is 0.322. The highest BCUT2D eigenvalue weighted by Gasteiger charge is 2.18. The summed E-state index contributed by atoms with van der Waals surface area (Å²) in [6, 6.07) is 8.07. The molecule has 0 saturated heterocycles. The predicted molar refractivity (Wildman–Crippen MR) is 111 cm³/mol. The van der Waals surface area contributed by atoms with Crippen LogP contribution in [0, 0.1) is 27.2 Å². The van der Waals surface area contributed by atoms with Gasteiger partial charge in [-0.3, -0.25) is 29.8 Å². The fourth-order valence-electron chi connectivity index (χ4n) is 2.84. The van der Waals surface area contributed by atoms with E-state index in [0.717, 1.165) is 17.4 Å². The minimum atomic E-state index is -0.748. The maximum Gasteiger partial charge on any atom is 0.326 e. The molecule has 12 heteroatoms. The summed E-state index contributed by atoms with van der Waals surface area (Å²) in [6.07, 6.45) is 0. The Hall–Kier alpha value is -3.93. The molecule has 0 N–H and O–H groups in total. The number of carbonyl (C=O) groups excluding carboxylic acids is 2. The fourth-order valence-corrected chi connectivity index (χ4v) is 3.90. The largest absolute Gasteiger partial charge is 0.465 e. The van der Waals surface area contributed by atoms with Crippen LogP contribution >= 0.6 is 11.3 Å². The number of ether oxygens (including phenoxy) is 1. The highest BCUT2D eigenvalue weighted by Crippen LogP contribution is 2.24. The molecule has 2 aromatic carbocycles. The van der Waals surface area contributed by atoms with Crippen molar-refractivity contribution < 1.29 is 24.2 Å². The average molecular weight is 444 g/mol. The predicted octanol–water partition coefficient (Wildman–Crippen LogP) is 3.13. The number of hydrogen-bond donors (Lipinski definition) is 0. The van der Waals surface area contributed by atoms with Crippen molar-refractivity contribution in [2.24, 2.45) is 4.99 Å². The van der Waals surface area contributed by atoms with Gasteiger partial charge in [0.2, 0.25) is 0 Å². The summed E-state index contributed by atoms with van der Waals surface area (Å²) in [5, 5.41) is 22.2. The van der Waals surface area contributed by atoms with E-state index >= 15 is 0 Å². The number of aryl methyl sites for hydroxylation is 1. The number of aromatic nitrogens is 1. The summed E-state index contributed by atoms with van der Waals surface area (Å²) >= 11 is 0.982. The zero-order chi connectivity index (χ0) is 22.7. The van der Waals surface area contributed by atoms with E-state index in [4.69, 9.17) is 4.74 Å². The molecule has 0 unspecified atom stereocenters. The zero-order valence-corrected chi connectivity index (χ0v) is 17.2. The summed E-state index contributed by atoms with van der Waals surface area (Å²) in [4.78, 5) is 50.0. The molecular formula is C19H16N4O7S. The maximum atomic E-state index is 12.7. The molecule has 0 bridgehead atoms. The van der Waals surface area contributed by atoms with Crippen LogP contribution in [0.5, 0.6) is 0 Å². The lowest BCUT2D eigenvalue weighted by molar-refractivity contribution is -0.385. The number of thiazole rings is 1. The zero-order valence-electron chi connectivity index (χ0n) is 16.4. The Labute approximate surface area is 178 Å². The highest BCUT2D eigenvalue weighted by atomic mass is 32.1. The molecule has 3 rings (SSSR count). The summed E-state index contributed by atoms with van der Waals surface area (Å²) in [7, 11) is 0. The monoisotopic (exact) mass is 444 g/mol. The van der Waals surface area contributed by atoms with Crippen LogP contribution in [0.2, 0.25) is 0 Å². The Morgan fingerprint density at radius 1 is 1.13 bits per heavy atom. The lowest BCUT2D eigenvalue weighted by Crippen LogP contribution is -2.23. The van der Waals surface area contributed by atoms with Gasteiger partial charge in [-0.15, -0.1) is 0 Å². The molecule has 1 aromatic heterocycles. The van der Waals surface area contributed by atoms with Crippen molar-refractivity contribution in [2.45, 2.75) is 20.4 Å². The molecule has 31 heavy (non-hydrogen) atoms. The van der Waals surface area contributed by atoms with Gasteiger partial charge in [0.25, 0.3) is 17.3 Å². The van der Waals surface area contributed by atoms with Crippen LogP contribution in [0.3, 0.4) is 0 Å². The van der Waals surface area contributed by atoms with Crippen molar-refractivity contribution in [1.29, 1.82) is 0 Å². The van der Waals surface area contributed by atoms with E-state index in [0.29, 0.717) is 15.8 Å². The SMILES string of the molecule is CCOC(=O)Cn1c(=NC(=O)c2ccc(C)c([N+](=O)[O-])c2)sc2cc([N+](=O)[O-])ccc21. The minimum absolute atomic E-state index is 0.00317. The molecule has 11 nitrogen and oxygen atoms in total. The van der Waals surface area contributed by atoms with Crippen LogP contribution in [-0.4, -0.2) is 32.9 Å². The molecule has 0 aliphatic carbocycles. The van der Waals surface area contributed by atoms with E-state index in [2.05, 4.69) is 4.99 Å². The lowest BCUT2D eigenvalue weighted by atomic mass is 10.1. The van der Waals surface area contributed by atoms with E-state index < -0.39 is 21.7 Å². The van der Waals surface area contributed by atoms with Crippen LogP contribution < -0.4 is 4.80 Å². The summed E-state index contributed by atoms with van der Waals surface area (Å²) in [6.45, 7) is 3.10. The second-order valence-electron chi connectivity index (χ2n) is 6.36. The van der Waals surface area contributed by atoms with Gasteiger partial charge in [-0.25, -0.2) is 0 Å².